The Morgan fingerprint density at radius 3 is 2.35 bits per heavy atom. The zero-order valence-corrected chi connectivity index (χ0v) is 20.1. The first-order valence-electron chi connectivity index (χ1n) is 12.4. The van der Waals surface area contributed by atoms with Crippen molar-refractivity contribution in [1.82, 2.24) is 14.7 Å². The lowest BCUT2D eigenvalue weighted by atomic mass is 10.1. The van der Waals surface area contributed by atoms with Gasteiger partial charge in [0.15, 0.2) is 11.5 Å². The molecule has 0 saturated heterocycles. The van der Waals surface area contributed by atoms with E-state index in [-0.39, 0.29) is 5.92 Å². The Balaban J connectivity index is 1.53. The third-order valence-corrected chi connectivity index (χ3v) is 6.95. The topological polar surface area (TPSA) is 56.6 Å². The normalized spacial score (nSPS) is 15.9. The maximum absolute atomic E-state index is 13.5. The van der Waals surface area contributed by atoms with Gasteiger partial charge in [-0.15, -0.1) is 0 Å². The van der Waals surface area contributed by atoms with Gasteiger partial charge < -0.3 is 14.4 Å². The van der Waals surface area contributed by atoms with E-state index < -0.39 is 0 Å². The Kier molecular flexibility index (Phi) is 6.57. The second-order valence-corrected chi connectivity index (χ2v) is 9.51. The fourth-order valence-electron chi connectivity index (χ4n) is 4.84. The average Bonchev–Trinajstić information content (AvgIpc) is 3.41. The minimum Gasteiger partial charge on any atom is -0.493 e. The van der Waals surface area contributed by atoms with E-state index in [4.69, 9.17) is 14.6 Å². The van der Waals surface area contributed by atoms with E-state index in [0.717, 1.165) is 49.2 Å². The summed E-state index contributed by atoms with van der Waals surface area (Å²) < 4.78 is 13.9. The number of ether oxygens (including phenoxy) is 2. The van der Waals surface area contributed by atoms with Crippen LogP contribution < -0.4 is 9.47 Å². The molecule has 0 bridgehead atoms. The number of aryl methyl sites for hydroxylation is 1. The summed E-state index contributed by atoms with van der Waals surface area (Å²) in [4.78, 5) is 15.6. The minimum atomic E-state index is 0.154. The van der Waals surface area contributed by atoms with Crippen LogP contribution in [0.5, 0.6) is 17.4 Å². The molecule has 3 aromatic rings. The van der Waals surface area contributed by atoms with Gasteiger partial charge in [0.2, 0.25) is 11.8 Å². The van der Waals surface area contributed by atoms with Crippen LogP contribution in [-0.2, 0) is 11.3 Å². The summed E-state index contributed by atoms with van der Waals surface area (Å²) in [6, 6.07) is 17.6. The number of rotatable bonds is 9. The summed E-state index contributed by atoms with van der Waals surface area (Å²) in [7, 11) is 1.64. The van der Waals surface area contributed by atoms with Gasteiger partial charge in [0, 0.05) is 12.5 Å². The molecule has 2 aliphatic rings. The van der Waals surface area contributed by atoms with E-state index in [9.17, 15) is 4.79 Å². The van der Waals surface area contributed by atoms with Crippen molar-refractivity contribution in [2.45, 2.75) is 52.0 Å². The average molecular weight is 460 g/mol. The molecule has 2 saturated carbocycles. The van der Waals surface area contributed by atoms with E-state index in [2.05, 4.69) is 4.90 Å². The number of hydrogen-bond acceptors (Lipinski definition) is 4. The van der Waals surface area contributed by atoms with Gasteiger partial charge in [-0.25, -0.2) is 4.68 Å². The smallest absolute Gasteiger partial charge is 0.228 e. The molecule has 5 rings (SSSR count). The monoisotopic (exact) mass is 459 g/mol. The van der Waals surface area contributed by atoms with E-state index in [1.54, 1.807) is 7.11 Å². The van der Waals surface area contributed by atoms with Crippen LogP contribution in [0.25, 0.3) is 5.69 Å². The Morgan fingerprint density at radius 1 is 1.00 bits per heavy atom. The fourth-order valence-corrected chi connectivity index (χ4v) is 4.84. The molecule has 0 spiro atoms. The number of nitrogens with zero attached hydrogens (tertiary/aromatic N) is 3. The summed E-state index contributed by atoms with van der Waals surface area (Å²) in [6.07, 6.45) is 6.74. The van der Waals surface area contributed by atoms with Gasteiger partial charge in [0.05, 0.1) is 30.6 Å². The second kappa shape index (κ2) is 9.92. The zero-order valence-electron chi connectivity index (χ0n) is 20.1. The van der Waals surface area contributed by atoms with Crippen molar-refractivity contribution in [1.29, 1.82) is 0 Å². The number of amides is 1. The van der Waals surface area contributed by atoms with Crippen LogP contribution in [0.2, 0.25) is 0 Å². The van der Waals surface area contributed by atoms with E-state index in [1.807, 2.05) is 66.2 Å². The third kappa shape index (κ3) is 4.81. The molecular weight excluding hydrogens is 426 g/mol. The van der Waals surface area contributed by atoms with Crippen molar-refractivity contribution >= 4 is 5.91 Å². The summed E-state index contributed by atoms with van der Waals surface area (Å²) in [5.74, 6) is 2.98. The molecule has 6 nitrogen and oxygen atoms in total. The largest absolute Gasteiger partial charge is 0.493 e. The lowest BCUT2D eigenvalue weighted by Crippen LogP contribution is -2.36. The highest BCUT2D eigenvalue weighted by Crippen LogP contribution is 2.38. The third-order valence-electron chi connectivity index (χ3n) is 6.95. The van der Waals surface area contributed by atoms with Gasteiger partial charge in [0.25, 0.3) is 0 Å². The first-order chi connectivity index (χ1) is 16.6. The second-order valence-electron chi connectivity index (χ2n) is 9.51. The molecule has 0 radical (unpaired) electrons. The minimum absolute atomic E-state index is 0.154. The van der Waals surface area contributed by atoms with Gasteiger partial charge in [-0.3, -0.25) is 4.79 Å². The number of carbonyl (C=O) groups excluding carboxylic acids is 1. The summed E-state index contributed by atoms with van der Waals surface area (Å²) in [5.41, 5.74) is 2.73. The van der Waals surface area contributed by atoms with Crippen LogP contribution >= 0.6 is 0 Å². The van der Waals surface area contributed by atoms with E-state index in [0.29, 0.717) is 35.7 Å². The highest BCUT2D eigenvalue weighted by atomic mass is 16.5. The lowest BCUT2D eigenvalue weighted by molar-refractivity contribution is -0.136. The molecule has 2 fully saturated rings. The Bertz CT molecular complexity index is 1130. The van der Waals surface area contributed by atoms with Crippen molar-refractivity contribution < 1.29 is 14.3 Å². The van der Waals surface area contributed by atoms with Gasteiger partial charge in [-0.2, -0.15) is 5.10 Å². The Hall–Kier alpha value is -3.28. The lowest BCUT2D eigenvalue weighted by Gasteiger charge is -2.26. The van der Waals surface area contributed by atoms with Crippen LogP contribution in [0.1, 0.15) is 49.8 Å². The van der Waals surface area contributed by atoms with Gasteiger partial charge in [-0.05, 0) is 62.8 Å². The van der Waals surface area contributed by atoms with Gasteiger partial charge in [0.1, 0.15) is 0 Å². The van der Waals surface area contributed by atoms with Crippen LogP contribution in [0, 0.1) is 18.8 Å². The predicted molar refractivity (Wildman–Crippen MR) is 131 cm³/mol. The molecule has 0 aliphatic heterocycles. The van der Waals surface area contributed by atoms with Crippen molar-refractivity contribution in [2.24, 2.45) is 11.8 Å². The molecule has 1 aromatic heterocycles. The number of benzene rings is 2. The van der Waals surface area contributed by atoms with Crippen LogP contribution in [0.15, 0.2) is 54.6 Å². The van der Waals surface area contributed by atoms with Gasteiger partial charge in [-0.1, -0.05) is 43.2 Å². The Morgan fingerprint density at radius 2 is 1.68 bits per heavy atom. The van der Waals surface area contributed by atoms with Crippen LogP contribution in [-0.4, -0.2) is 34.2 Å². The van der Waals surface area contributed by atoms with E-state index >= 15 is 0 Å². The number of para-hydroxylation sites is 3. The molecule has 1 heterocycles. The van der Waals surface area contributed by atoms with Crippen LogP contribution in [0.3, 0.4) is 0 Å². The highest BCUT2D eigenvalue weighted by molar-refractivity contribution is 5.79. The maximum Gasteiger partial charge on any atom is 0.228 e. The summed E-state index contributed by atoms with van der Waals surface area (Å²) >= 11 is 0. The molecule has 0 N–H and O–H groups in total. The molecule has 34 heavy (non-hydrogen) atoms. The molecule has 2 aromatic carbocycles. The maximum atomic E-state index is 13.5. The number of carbonyl (C=O) groups is 1. The molecule has 0 unspecified atom stereocenters. The van der Waals surface area contributed by atoms with Crippen LogP contribution in [0.4, 0.5) is 0 Å². The number of hydrogen-bond donors (Lipinski definition) is 0. The summed E-state index contributed by atoms with van der Waals surface area (Å²) in [6.45, 7) is 3.33. The molecule has 0 atom stereocenters. The van der Waals surface area contributed by atoms with Crippen molar-refractivity contribution in [3.63, 3.8) is 0 Å². The van der Waals surface area contributed by atoms with Crippen molar-refractivity contribution in [2.75, 3.05) is 13.7 Å². The van der Waals surface area contributed by atoms with Crippen molar-refractivity contribution in [3.05, 3.63) is 65.9 Å². The highest BCUT2D eigenvalue weighted by Gasteiger charge is 2.33. The number of methoxy groups -OCH3 is 1. The quantitative estimate of drug-likeness (QED) is 0.399. The first kappa shape index (κ1) is 22.5. The SMILES string of the molecule is COc1ccccc1Oc1c(CN(CC2CC2)C(=O)C2CCCC2)c(C)nn1-c1ccccc1. The molecule has 1 amide bonds. The van der Waals surface area contributed by atoms with Crippen molar-refractivity contribution in [3.8, 4) is 23.1 Å². The Labute approximate surface area is 201 Å². The molecule has 2 aliphatic carbocycles. The zero-order chi connectivity index (χ0) is 23.5. The van der Waals surface area contributed by atoms with E-state index in [1.165, 1.54) is 12.8 Å². The molecule has 178 valence electrons. The molecular formula is C28H33N3O3. The molecule has 6 heteroatoms. The van der Waals surface area contributed by atoms with Gasteiger partial charge >= 0.3 is 0 Å². The fraction of sp³-hybridized carbons (Fsp3) is 0.429. The standard InChI is InChI=1S/C28H33N3O3/c1-20-24(19-30(18-21-16-17-21)27(32)22-10-6-7-11-22)28(31(29-20)23-12-4-3-5-13-23)34-26-15-9-8-14-25(26)33-2/h3-5,8-9,12-15,21-22H,6-7,10-11,16-19H2,1-2H3. The predicted octanol–water partition coefficient (Wildman–Crippen LogP) is 5.91. The first-order valence-corrected chi connectivity index (χ1v) is 12.4. The summed E-state index contributed by atoms with van der Waals surface area (Å²) in [5, 5.41) is 4.85. The number of aromatic nitrogens is 2.